The van der Waals surface area contributed by atoms with Crippen molar-refractivity contribution in [2.45, 2.75) is 30.7 Å². The Morgan fingerprint density at radius 3 is 2.73 bits per heavy atom. The monoisotopic (exact) mass is 423 g/mol. The zero-order valence-electron chi connectivity index (χ0n) is 16.9. The number of ether oxygens (including phenoxy) is 2. The first-order valence-electron chi connectivity index (χ1n) is 9.59. The Kier molecular flexibility index (Phi) is 5.59. The molecule has 0 saturated carbocycles. The highest BCUT2D eigenvalue weighted by molar-refractivity contribution is 8.00. The van der Waals surface area contributed by atoms with Gasteiger partial charge in [-0.1, -0.05) is 23.9 Å². The van der Waals surface area contributed by atoms with Gasteiger partial charge in [0.25, 0.3) is 0 Å². The summed E-state index contributed by atoms with van der Waals surface area (Å²) in [4.78, 5) is 36.1. The number of aromatic nitrogens is 2. The summed E-state index contributed by atoms with van der Waals surface area (Å²) in [6, 6.07) is 12.6. The first-order valence-corrected chi connectivity index (χ1v) is 10.5. The molecule has 1 saturated heterocycles. The van der Waals surface area contributed by atoms with E-state index in [4.69, 9.17) is 9.47 Å². The molecule has 3 aromatic rings. The van der Waals surface area contributed by atoms with Gasteiger partial charge in [-0.25, -0.2) is 14.9 Å². The van der Waals surface area contributed by atoms with Crippen molar-refractivity contribution in [2.75, 3.05) is 18.6 Å². The number of hydrogen-bond donors (Lipinski definition) is 0. The molecule has 2 amide bonds. The average molecular weight is 423 g/mol. The van der Waals surface area contributed by atoms with E-state index >= 15 is 0 Å². The summed E-state index contributed by atoms with van der Waals surface area (Å²) in [7, 11) is 1.61. The Morgan fingerprint density at radius 2 is 1.97 bits per heavy atom. The van der Waals surface area contributed by atoms with Gasteiger partial charge >= 0.3 is 0 Å². The number of hydrogen-bond acceptors (Lipinski definition) is 7. The second kappa shape index (κ2) is 8.31. The molecule has 7 nitrogen and oxygen atoms in total. The van der Waals surface area contributed by atoms with E-state index in [0.717, 1.165) is 22.3 Å². The van der Waals surface area contributed by atoms with E-state index in [9.17, 15) is 9.59 Å². The highest BCUT2D eigenvalue weighted by Crippen LogP contribution is 2.37. The van der Waals surface area contributed by atoms with Crippen molar-refractivity contribution in [1.82, 2.24) is 9.97 Å². The van der Waals surface area contributed by atoms with Gasteiger partial charge in [0.2, 0.25) is 11.8 Å². The molecule has 4 rings (SSSR count). The molecule has 2 aromatic carbocycles. The molecule has 0 unspecified atom stereocenters. The molecule has 1 aromatic heterocycles. The Bertz CT molecular complexity index is 1130. The van der Waals surface area contributed by atoms with E-state index in [1.807, 2.05) is 38.1 Å². The molecule has 154 valence electrons. The van der Waals surface area contributed by atoms with E-state index in [1.165, 1.54) is 16.7 Å². The quantitative estimate of drug-likeness (QED) is 0.441. The fourth-order valence-corrected chi connectivity index (χ4v) is 4.44. The van der Waals surface area contributed by atoms with Gasteiger partial charge in [0, 0.05) is 17.5 Å². The first-order chi connectivity index (χ1) is 14.5. The Morgan fingerprint density at radius 1 is 1.17 bits per heavy atom. The fourth-order valence-electron chi connectivity index (χ4n) is 3.41. The van der Waals surface area contributed by atoms with Gasteiger partial charge in [0.15, 0.2) is 5.16 Å². The second-order valence-electron chi connectivity index (χ2n) is 6.75. The second-order valence-corrected chi connectivity index (χ2v) is 7.92. The molecule has 1 aliphatic rings. The van der Waals surface area contributed by atoms with Crippen LogP contribution in [0, 0.1) is 6.92 Å². The molecule has 8 heteroatoms. The van der Waals surface area contributed by atoms with Crippen molar-refractivity contribution in [1.29, 1.82) is 0 Å². The molecule has 0 radical (unpaired) electrons. The van der Waals surface area contributed by atoms with Crippen LogP contribution in [0.5, 0.6) is 11.5 Å². The first kappa shape index (κ1) is 20.2. The average Bonchev–Trinajstić information content (AvgIpc) is 3.01. The highest BCUT2D eigenvalue weighted by Gasteiger charge is 2.41. The number of rotatable bonds is 6. The standard InChI is InChI=1S/C22H21N3O4S/c1-4-29-18-8-6-5-7-17(18)25-20(26)12-19(21(25)27)30-22-23-13(2)15-11-14(28-3)9-10-16(15)24-22/h5-11,19H,4,12H2,1-3H3/t19-/m0/s1. The van der Waals surface area contributed by atoms with E-state index in [0.29, 0.717) is 23.2 Å². The lowest BCUT2D eigenvalue weighted by molar-refractivity contribution is -0.121. The molecular formula is C22H21N3O4S. The van der Waals surface area contributed by atoms with Crippen LogP contribution in [0.2, 0.25) is 0 Å². The van der Waals surface area contributed by atoms with Gasteiger partial charge in [0.05, 0.1) is 24.9 Å². The van der Waals surface area contributed by atoms with E-state index < -0.39 is 5.25 Å². The van der Waals surface area contributed by atoms with E-state index in [1.54, 1.807) is 25.3 Å². The maximum absolute atomic E-state index is 13.1. The Balaban J connectivity index is 1.61. The normalized spacial score (nSPS) is 16.4. The number of methoxy groups -OCH3 is 1. The number of amides is 2. The SMILES string of the molecule is CCOc1ccccc1N1C(=O)C[C@H](Sc2nc(C)c3cc(OC)ccc3n2)C1=O. The van der Waals surface area contributed by atoms with Gasteiger partial charge in [-0.2, -0.15) is 0 Å². The minimum Gasteiger partial charge on any atom is -0.497 e. The van der Waals surface area contributed by atoms with Gasteiger partial charge in [-0.15, -0.1) is 0 Å². The third kappa shape index (κ3) is 3.70. The van der Waals surface area contributed by atoms with Crippen LogP contribution in [0.1, 0.15) is 19.0 Å². The lowest BCUT2D eigenvalue weighted by Gasteiger charge is -2.18. The molecule has 0 N–H and O–H groups in total. The number of carbonyl (C=O) groups excluding carboxylic acids is 2. The minimum absolute atomic E-state index is 0.0903. The zero-order valence-corrected chi connectivity index (χ0v) is 17.7. The smallest absolute Gasteiger partial charge is 0.248 e. The molecule has 0 bridgehead atoms. The summed E-state index contributed by atoms with van der Waals surface area (Å²) in [5.41, 5.74) is 2.03. The number of anilines is 1. The van der Waals surface area contributed by atoms with E-state index in [2.05, 4.69) is 9.97 Å². The third-order valence-corrected chi connectivity index (χ3v) is 5.88. The maximum Gasteiger partial charge on any atom is 0.248 e. The highest BCUT2D eigenvalue weighted by atomic mass is 32.2. The van der Waals surface area contributed by atoms with Gasteiger partial charge in [-0.3, -0.25) is 9.59 Å². The predicted molar refractivity (Wildman–Crippen MR) is 115 cm³/mol. The van der Waals surface area contributed by atoms with Crippen LogP contribution in [0.3, 0.4) is 0 Å². The number of carbonyl (C=O) groups is 2. The van der Waals surface area contributed by atoms with E-state index in [-0.39, 0.29) is 18.2 Å². The zero-order chi connectivity index (χ0) is 21.3. The topological polar surface area (TPSA) is 81.6 Å². The number of aryl methyl sites for hydroxylation is 1. The van der Waals surface area contributed by atoms with Crippen molar-refractivity contribution in [3.63, 3.8) is 0 Å². The van der Waals surface area contributed by atoms with Crippen LogP contribution >= 0.6 is 11.8 Å². The summed E-state index contributed by atoms with van der Waals surface area (Å²) in [6.45, 7) is 4.19. The van der Waals surface area contributed by atoms with Gasteiger partial charge < -0.3 is 9.47 Å². The van der Waals surface area contributed by atoms with Crippen LogP contribution in [-0.2, 0) is 9.59 Å². The van der Waals surface area contributed by atoms with Crippen LogP contribution in [0.4, 0.5) is 5.69 Å². The number of nitrogens with zero attached hydrogens (tertiary/aromatic N) is 3. The van der Waals surface area contributed by atoms with Crippen LogP contribution < -0.4 is 14.4 Å². The molecule has 1 fully saturated rings. The molecule has 30 heavy (non-hydrogen) atoms. The predicted octanol–water partition coefficient (Wildman–Crippen LogP) is 3.77. The van der Waals surface area contributed by atoms with Gasteiger partial charge in [-0.05, 0) is 44.2 Å². The molecule has 1 aliphatic heterocycles. The van der Waals surface area contributed by atoms with Crippen molar-refractivity contribution in [2.24, 2.45) is 0 Å². The lowest BCUT2D eigenvalue weighted by Crippen LogP contribution is -2.31. The molecule has 1 atom stereocenters. The molecule has 2 heterocycles. The Hall–Kier alpha value is -3.13. The molecular weight excluding hydrogens is 402 g/mol. The van der Waals surface area contributed by atoms with Crippen molar-refractivity contribution >= 4 is 40.2 Å². The number of thioether (sulfide) groups is 1. The Labute approximate surface area is 178 Å². The molecule has 0 aliphatic carbocycles. The lowest BCUT2D eigenvalue weighted by atomic mass is 10.2. The maximum atomic E-state index is 13.1. The van der Waals surface area contributed by atoms with Crippen molar-refractivity contribution in [3.8, 4) is 11.5 Å². The number of benzene rings is 2. The summed E-state index contributed by atoms with van der Waals surface area (Å²) in [5, 5.41) is 0.776. The van der Waals surface area contributed by atoms with Crippen molar-refractivity contribution in [3.05, 3.63) is 48.2 Å². The largest absolute Gasteiger partial charge is 0.497 e. The van der Waals surface area contributed by atoms with Crippen LogP contribution in [0.15, 0.2) is 47.6 Å². The third-order valence-electron chi connectivity index (χ3n) is 4.83. The number of para-hydroxylation sites is 2. The fraction of sp³-hybridized carbons (Fsp3) is 0.273. The van der Waals surface area contributed by atoms with Gasteiger partial charge in [0.1, 0.15) is 16.7 Å². The van der Waals surface area contributed by atoms with Crippen LogP contribution in [0.25, 0.3) is 10.9 Å². The molecule has 0 spiro atoms. The summed E-state index contributed by atoms with van der Waals surface area (Å²) in [6.07, 6.45) is 0.0903. The summed E-state index contributed by atoms with van der Waals surface area (Å²) < 4.78 is 10.9. The van der Waals surface area contributed by atoms with Crippen molar-refractivity contribution < 1.29 is 19.1 Å². The number of imide groups is 1. The minimum atomic E-state index is -0.581. The van der Waals surface area contributed by atoms with Crippen LogP contribution in [-0.4, -0.2) is 40.7 Å². The summed E-state index contributed by atoms with van der Waals surface area (Å²) in [5.74, 6) is 0.703. The summed E-state index contributed by atoms with van der Waals surface area (Å²) >= 11 is 1.21. The number of fused-ring (bicyclic) bond motifs is 1.